The second-order valence-corrected chi connectivity index (χ2v) is 8.08. The van der Waals surface area contributed by atoms with E-state index in [9.17, 15) is 4.79 Å². The van der Waals surface area contributed by atoms with Gasteiger partial charge in [0.2, 0.25) is 0 Å². The Morgan fingerprint density at radius 1 is 1.42 bits per heavy atom. The highest BCUT2D eigenvalue weighted by atomic mass is 35.5. The second-order valence-electron chi connectivity index (χ2n) is 6.66. The second kappa shape index (κ2) is 6.89. The number of halogens is 1. The molecule has 1 aliphatic rings. The molecule has 26 heavy (non-hydrogen) atoms. The number of hydrogen-bond donors (Lipinski definition) is 1. The number of benzene rings is 1. The molecule has 1 aliphatic heterocycles. The van der Waals surface area contributed by atoms with E-state index < -0.39 is 0 Å². The maximum atomic E-state index is 12.4. The van der Waals surface area contributed by atoms with Gasteiger partial charge in [-0.25, -0.2) is 9.97 Å². The predicted octanol–water partition coefficient (Wildman–Crippen LogP) is 3.39. The van der Waals surface area contributed by atoms with Crippen LogP contribution in [0.25, 0.3) is 10.2 Å². The highest BCUT2D eigenvalue weighted by Crippen LogP contribution is 2.34. The number of thiazole rings is 1. The van der Waals surface area contributed by atoms with Crippen molar-refractivity contribution in [1.29, 1.82) is 0 Å². The first-order valence-electron chi connectivity index (χ1n) is 8.60. The molecule has 4 rings (SSSR count). The molecule has 1 aromatic carbocycles. The van der Waals surface area contributed by atoms with Crippen LogP contribution in [0.15, 0.2) is 24.7 Å². The summed E-state index contributed by atoms with van der Waals surface area (Å²) in [5.41, 5.74) is 2.57. The Kier molecular flexibility index (Phi) is 4.58. The van der Waals surface area contributed by atoms with Crippen LogP contribution in [0.4, 0.5) is 5.13 Å². The maximum absolute atomic E-state index is 12.4. The van der Waals surface area contributed by atoms with E-state index in [1.165, 1.54) is 0 Å². The number of amides is 1. The molecule has 1 unspecified atom stereocenters. The molecule has 2 aromatic heterocycles. The normalized spacial score (nSPS) is 17.7. The Bertz CT molecular complexity index is 966. The Morgan fingerprint density at radius 2 is 2.27 bits per heavy atom. The van der Waals surface area contributed by atoms with E-state index in [0.29, 0.717) is 5.69 Å². The lowest BCUT2D eigenvalue weighted by Crippen LogP contribution is -2.48. The summed E-state index contributed by atoms with van der Waals surface area (Å²) in [6.07, 6.45) is 5.22. The monoisotopic (exact) mass is 389 g/mol. The quantitative estimate of drug-likeness (QED) is 0.745. The molecule has 0 bridgehead atoms. The van der Waals surface area contributed by atoms with Gasteiger partial charge in [0.15, 0.2) is 5.13 Å². The highest BCUT2D eigenvalue weighted by molar-refractivity contribution is 7.22. The average Bonchev–Trinajstić information content (AvgIpc) is 3.25. The molecule has 136 valence electrons. The Morgan fingerprint density at radius 3 is 3.04 bits per heavy atom. The Hall–Kier alpha value is -2.12. The van der Waals surface area contributed by atoms with Crippen LogP contribution in [-0.2, 0) is 7.05 Å². The van der Waals surface area contributed by atoms with Gasteiger partial charge < -0.3 is 14.8 Å². The molecule has 3 aromatic rings. The number of hydrogen-bond acceptors (Lipinski definition) is 5. The third-order valence-electron chi connectivity index (χ3n) is 4.81. The molecule has 3 heterocycles. The van der Waals surface area contributed by atoms with E-state index in [1.54, 1.807) is 28.4 Å². The summed E-state index contributed by atoms with van der Waals surface area (Å²) in [7, 11) is 1.82. The van der Waals surface area contributed by atoms with Gasteiger partial charge in [0.05, 0.1) is 22.7 Å². The number of carbonyl (C=O) groups excluding carboxylic acids is 1. The Labute approximate surface area is 160 Å². The van der Waals surface area contributed by atoms with E-state index in [4.69, 9.17) is 16.6 Å². The molecular formula is C18H20ClN5OS. The maximum Gasteiger partial charge on any atom is 0.269 e. The van der Waals surface area contributed by atoms with Crippen molar-refractivity contribution in [3.8, 4) is 0 Å². The van der Waals surface area contributed by atoms with Crippen molar-refractivity contribution in [1.82, 2.24) is 19.9 Å². The zero-order valence-corrected chi connectivity index (χ0v) is 16.3. The molecule has 0 spiro atoms. The fourth-order valence-corrected chi connectivity index (χ4v) is 4.54. The number of nitrogens with one attached hydrogen (secondary N) is 1. The lowest BCUT2D eigenvalue weighted by Gasteiger charge is -2.32. The average molecular weight is 390 g/mol. The molecule has 8 heteroatoms. The standard InChI is InChI=1S/C18H20ClN5OS/c1-11-13(19)5-6-15-16(11)22-18(26-15)24-7-3-4-12(9-24)21-17(25)14-8-20-10-23(14)2/h5-6,8,10,12H,3-4,7,9H2,1-2H3,(H,21,25). The first-order chi connectivity index (χ1) is 12.5. The van der Waals surface area contributed by atoms with Gasteiger partial charge in [-0.1, -0.05) is 22.9 Å². The fourth-order valence-electron chi connectivity index (χ4n) is 3.33. The number of piperidine rings is 1. The molecule has 0 aliphatic carbocycles. The van der Waals surface area contributed by atoms with Crippen LogP contribution in [0.3, 0.4) is 0 Å². The van der Waals surface area contributed by atoms with Crippen LogP contribution < -0.4 is 10.2 Å². The Balaban J connectivity index is 1.51. The number of fused-ring (bicyclic) bond motifs is 1. The van der Waals surface area contributed by atoms with E-state index >= 15 is 0 Å². The zero-order chi connectivity index (χ0) is 18.3. The van der Waals surface area contributed by atoms with Gasteiger partial charge in [0.25, 0.3) is 5.91 Å². The van der Waals surface area contributed by atoms with Crippen LogP contribution in [0, 0.1) is 6.92 Å². The van der Waals surface area contributed by atoms with Crippen molar-refractivity contribution in [2.24, 2.45) is 7.05 Å². The third kappa shape index (κ3) is 3.17. The van der Waals surface area contributed by atoms with E-state index in [2.05, 4.69) is 15.2 Å². The van der Waals surface area contributed by atoms with Crippen molar-refractivity contribution in [2.75, 3.05) is 18.0 Å². The van der Waals surface area contributed by atoms with Crippen LogP contribution in [0.5, 0.6) is 0 Å². The van der Waals surface area contributed by atoms with Gasteiger partial charge in [-0.15, -0.1) is 0 Å². The molecule has 1 N–H and O–H groups in total. The lowest BCUT2D eigenvalue weighted by molar-refractivity contribution is 0.0925. The molecular weight excluding hydrogens is 370 g/mol. The fraction of sp³-hybridized carbons (Fsp3) is 0.389. The number of anilines is 1. The minimum Gasteiger partial charge on any atom is -0.346 e. The summed E-state index contributed by atoms with van der Waals surface area (Å²) < 4.78 is 2.87. The summed E-state index contributed by atoms with van der Waals surface area (Å²) in [6.45, 7) is 3.71. The van der Waals surface area contributed by atoms with E-state index in [-0.39, 0.29) is 11.9 Å². The summed E-state index contributed by atoms with van der Waals surface area (Å²) in [5, 5.41) is 4.87. The SMILES string of the molecule is Cc1c(Cl)ccc2sc(N3CCCC(NC(=O)c4cncn4C)C3)nc12. The molecule has 1 saturated heterocycles. The number of carbonyl (C=O) groups is 1. The van der Waals surface area contributed by atoms with E-state index in [0.717, 1.165) is 51.9 Å². The van der Waals surface area contributed by atoms with Crippen LogP contribution >= 0.6 is 22.9 Å². The molecule has 0 radical (unpaired) electrons. The number of aromatic nitrogens is 3. The minimum atomic E-state index is -0.0798. The first kappa shape index (κ1) is 17.3. The number of aryl methyl sites for hydroxylation is 2. The summed E-state index contributed by atoms with van der Waals surface area (Å²) in [4.78, 5) is 23.5. The minimum absolute atomic E-state index is 0.0798. The zero-order valence-electron chi connectivity index (χ0n) is 14.7. The van der Waals surface area contributed by atoms with Gasteiger partial charge >= 0.3 is 0 Å². The lowest BCUT2D eigenvalue weighted by atomic mass is 10.1. The molecule has 6 nitrogen and oxygen atoms in total. The molecule has 1 atom stereocenters. The molecule has 1 fully saturated rings. The van der Waals surface area contributed by atoms with Crippen molar-refractivity contribution in [2.45, 2.75) is 25.8 Å². The highest BCUT2D eigenvalue weighted by Gasteiger charge is 2.25. The number of imidazole rings is 1. The van der Waals surface area contributed by atoms with Crippen LogP contribution in [-0.4, -0.2) is 39.6 Å². The van der Waals surface area contributed by atoms with Crippen molar-refractivity contribution < 1.29 is 4.79 Å². The van der Waals surface area contributed by atoms with Gasteiger partial charge in [-0.2, -0.15) is 0 Å². The van der Waals surface area contributed by atoms with Crippen LogP contribution in [0.1, 0.15) is 28.9 Å². The number of nitrogens with zero attached hydrogens (tertiary/aromatic N) is 4. The van der Waals surface area contributed by atoms with Gasteiger partial charge in [0.1, 0.15) is 5.69 Å². The topological polar surface area (TPSA) is 63.1 Å². The molecule has 1 amide bonds. The van der Waals surface area contributed by atoms with Crippen molar-refractivity contribution in [3.63, 3.8) is 0 Å². The number of rotatable bonds is 3. The predicted molar refractivity (Wildman–Crippen MR) is 105 cm³/mol. The summed E-state index contributed by atoms with van der Waals surface area (Å²) in [5.74, 6) is -0.0798. The van der Waals surface area contributed by atoms with Gasteiger partial charge in [-0.05, 0) is 37.5 Å². The largest absolute Gasteiger partial charge is 0.346 e. The van der Waals surface area contributed by atoms with Crippen LogP contribution in [0.2, 0.25) is 5.02 Å². The molecule has 0 saturated carbocycles. The van der Waals surface area contributed by atoms with E-state index in [1.807, 2.05) is 26.1 Å². The smallest absolute Gasteiger partial charge is 0.269 e. The summed E-state index contributed by atoms with van der Waals surface area (Å²) in [6, 6.07) is 4.05. The summed E-state index contributed by atoms with van der Waals surface area (Å²) >= 11 is 7.90. The van der Waals surface area contributed by atoms with Gasteiger partial charge in [0, 0.05) is 31.2 Å². The van der Waals surface area contributed by atoms with Gasteiger partial charge in [-0.3, -0.25) is 4.79 Å². The van der Waals surface area contributed by atoms with Crippen molar-refractivity contribution in [3.05, 3.63) is 40.9 Å². The van der Waals surface area contributed by atoms with Crippen molar-refractivity contribution >= 4 is 44.2 Å². The third-order valence-corrected chi connectivity index (χ3v) is 6.30. The first-order valence-corrected chi connectivity index (χ1v) is 9.80.